The maximum atomic E-state index is 11.8. The van der Waals surface area contributed by atoms with Gasteiger partial charge in [-0.1, -0.05) is 6.07 Å². The molecule has 0 fully saturated rings. The van der Waals surface area contributed by atoms with Crippen molar-refractivity contribution >= 4 is 39.1 Å². The molecular weight excluding hydrogens is 282 g/mol. The van der Waals surface area contributed by atoms with E-state index in [4.69, 9.17) is 0 Å². The lowest BCUT2D eigenvalue weighted by atomic mass is 10.2. The highest BCUT2D eigenvalue weighted by atomic mass is 32.2. The summed E-state index contributed by atoms with van der Waals surface area (Å²) >= 11 is 2.49. The summed E-state index contributed by atoms with van der Waals surface area (Å²) in [7, 11) is -3.75. The molecule has 17 heavy (non-hydrogen) atoms. The van der Waals surface area contributed by atoms with Gasteiger partial charge in [0.1, 0.15) is 4.21 Å². The first-order valence-electron chi connectivity index (χ1n) is 4.73. The van der Waals surface area contributed by atoms with Crippen LogP contribution in [-0.2, 0) is 14.8 Å². The Labute approximate surface area is 108 Å². The van der Waals surface area contributed by atoms with Crippen molar-refractivity contribution in [3.8, 4) is 0 Å². The SMILES string of the molecule is CSCC[C@H](NS(=O)(=O)c1cccs1)C(=O)[O-]. The van der Waals surface area contributed by atoms with Crippen LogP contribution in [0.4, 0.5) is 0 Å². The van der Waals surface area contributed by atoms with Crippen molar-refractivity contribution in [3.63, 3.8) is 0 Å². The minimum absolute atomic E-state index is 0.105. The number of carboxylic acids is 1. The molecule has 0 unspecified atom stereocenters. The van der Waals surface area contributed by atoms with E-state index in [9.17, 15) is 18.3 Å². The smallest absolute Gasteiger partial charge is 0.250 e. The summed E-state index contributed by atoms with van der Waals surface area (Å²) in [4.78, 5) is 10.8. The van der Waals surface area contributed by atoms with Crippen molar-refractivity contribution in [2.24, 2.45) is 0 Å². The summed E-state index contributed by atoms with van der Waals surface area (Å²) in [6.45, 7) is 0. The predicted octanol–water partition coefficient (Wildman–Crippen LogP) is -0.102. The molecule has 8 heteroatoms. The monoisotopic (exact) mass is 294 g/mol. The van der Waals surface area contributed by atoms with E-state index in [1.54, 1.807) is 11.4 Å². The molecule has 0 aliphatic carbocycles. The maximum Gasteiger partial charge on any atom is 0.250 e. The van der Waals surface area contributed by atoms with E-state index in [1.165, 1.54) is 17.8 Å². The number of thiophene rings is 1. The van der Waals surface area contributed by atoms with E-state index in [-0.39, 0.29) is 10.6 Å². The molecule has 1 aromatic heterocycles. The van der Waals surface area contributed by atoms with Crippen molar-refractivity contribution in [2.45, 2.75) is 16.7 Å². The van der Waals surface area contributed by atoms with Crippen LogP contribution in [0.25, 0.3) is 0 Å². The van der Waals surface area contributed by atoms with Gasteiger partial charge in [-0.05, 0) is 29.9 Å². The minimum Gasteiger partial charge on any atom is -0.548 e. The Bertz CT molecular complexity index is 455. The van der Waals surface area contributed by atoms with Crippen LogP contribution in [0.1, 0.15) is 6.42 Å². The van der Waals surface area contributed by atoms with Crippen LogP contribution >= 0.6 is 23.1 Å². The van der Waals surface area contributed by atoms with E-state index < -0.39 is 22.0 Å². The molecule has 1 N–H and O–H groups in total. The Hall–Kier alpha value is -0.570. The number of nitrogens with one attached hydrogen (secondary N) is 1. The molecule has 0 aliphatic heterocycles. The van der Waals surface area contributed by atoms with Gasteiger partial charge in [0.2, 0.25) is 0 Å². The zero-order valence-electron chi connectivity index (χ0n) is 9.08. The molecule has 1 rings (SSSR count). The lowest BCUT2D eigenvalue weighted by molar-refractivity contribution is -0.308. The Balaban J connectivity index is 2.76. The predicted molar refractivity (Wildman–Crippen MR) is 66.4 cm³/mol. The quantitative estimate of drug-likeness (QED) is 0.759. The zero-order valence-corrected chi connectivity index (χ0v) is 11.5. The van der Waals surface area contributed by atoms with Crippen molar-refractivity contribution in [3.05, 3.63) is 17.5 Å². The fourth-order valence-corrected chi connectivity index (χ4v) is 3.82. The summed E-state index contributed by atoms with van der Waals surface area (Å²) in [6.07, 6.45) is 2.02. The molecule has 0 bridgehead atoms. The lowest BCUT2D eigenvalue weighted by Crippen LogP contribution is -2.47. The second-order valence-corrected chi connectivity index (χ2v) is 7.08. The minimum atomic E-state index is -3.75. The second-order valence-electron chi connectivity index (χ2n) is 3.21. The number of hydrogen-bond donors (Lipinski definition) is 1. The Morgan fingerprint density at radius 1 is 1.65 bits per heavy atom. The number of carbonyl (C=O) groups excluding carboxylic acids is 1. The second kappa shape index (κ2) is 6.39. The van der Waals surface area contributed by atoms with Gasteiger partial charge in [-0.2, -0.15) is 11.8 Å². The molecule has 0 saturated heterocycles. The molecule has 0 radical (unpaired) electrons. The van der Waals surface area contributed by atoms with Gasteiger partial charge in [0.25, 0.3) is 10.0 Å². The van der Waals surface area contributed by atoms with Crippen molar-refractivity contribution in [1.29, 1.82) is 0 Å². The largest absolute Gasteiger partial charge is 0.548 e. The first-order valence-corrected chi connectivity index (χ1v) is 8.48. The number of carbonyl (C=O) groups is 1. The van der Waals surface area contributed by atoms with Crippen molar-refractivity contribution in [1.82, 2.24) is 4.72 Å². The lowest BCUT2D eigenvalue weighted by Gasteiger charge is -2.18. The van der Waals surface area contributed by atoms with E-state index >= 15 is 0 Å². The summed E-state index contributed by atoms with van der Waals surface area (Å²) in [5.41, 5.74) is 0. The molecule has 0 aliphatic rings. The topological polar surface area (TPSA) is 86.3 Å². The average Bonchev–Trinajstić information content (AvgIpc) is 2.77. The highest BCUT2D eigenvalue weighted by Gasteiger charge is 2.21. The number of aliphatic carboxylic acids is 1. The van der Waals surface area contributed by atoms with Crippen LogP contribution in [-0.4, -0.2) is 32.4 Å². The van der Waals surface area contributed by atoms with Gasteiger partial charge >= 0.3 is 0 Å². The molecule has 0 saturated carbocycles. The number of sulfonamides is 1. The van der Waals surface area contributed by atoms with E-state index in [2.05, 4.69) is 4.72 Å². The third-order valence-corrected chi connectivity index (χ3v) is 5.47. The van der Waals surface area contributed by atoms with E-state index in [0.717, 1.165) is 11.3 Å². The Morgan fingerprint density at radius 2 is 2.35 bits per heavy atom. The fourth-order valence-electron chi connectivity index (χ4n) is 1.12. The Morgan fingerprint density at radius 3 is 2.82 bits per heavy atom. The normalized spacial score (nSPS) is 13.5. The number of hydrogen-bond acceptors (Lipinski definition) is 6. The molecule has 1 atom stereocenters. The highest BCUT2D eigenvalue weighted by molar-refractivity contribution is 7.98. The average molecular weight is 294 g/mol. The third kappa shape index (κ3) is 4.30. The first-order chi connectivity index (χ1) is 7.97. The molecule has 0 amide bonds. The van der Waals surface area contributed by atoms with Crippen LogP contribution in [0.5, 0.6) is 0 Å². The maximum absolute atomic E-state index is 11.8. The fraction of sp³-hybridized carbons (Fsp3) is 0.444. The molecule has 1 aromatic rings. The van der Waals surface area contributed by atoms with Crippen LogP contribution in [0, 0.1) is 0 Å². The van der Waals surface area contributed by atoms with E-state index in [0.29, 0.717) is 5.75 Å². The summed E-state index contributed by atoms with van der Waals surface area (Å²) in [6, 6.07) is 1.83. The van der Waals surface area contributed by atoms with Crippen LogP contribution in [0.15, 0.2) is 21.7 Å². The van der Waals surface area contributed by atoms with Gasteiger partial charge in [-0.15, -0.1) is 11.3 Å². The first kappa shape index (κ1) is 14.5. The number of thioether (sulfide) groups is 1. The summed E-state index contributed by atoms with van der Waals surface area (Å²) < 4.78 is 25.8. The molecule has 5 nitrogen and oxygen atoms in total. The van der Waals surface area contributed by atoms with Crippen molar-refractivity contribution in [2.75, 3.05) is 12.0 Å². The summed E-state index contributed by atoms with van der Waals surface area (Å²) in [5.74, 6) is -0.856. The molecule has 0 aromatic carbocycles. The van der Waals surface area contributed by atoms with Gasteiger partial charge in [0, 0.05) is 0 Å². The zero-order chi connectivity index (χ0) is 12.9. The van der Waals surface area contributed by atoms with Crippen LogP contribution < -0.4 is 9.83 Å². The third-order valence-electron chi connectivity index (χ3n) is 1.95. The van der Waals surface area contributed by atoms with Crippen molar-refractivity contribution < 1.29 is 18.3 Å². The molecular formula is C9H12NO4S3-. The van der Waals surface area contributed by atoms with Gasteiger partial charge in [0.15, 0.2) is 0 Å². The number of carboxylic acid groups (broad SMARTS) is 1. The standard InChI is InChI=1S/C9H13NO4S3/c1-15-6-4-7(9(11)12)10-17(13,14)8-3-2-5-16-8/h2-3,5,7,10H,4,6H2,1H3,(H,11,12)/p-1/t7-/m0/s1. The van der Waals surface area contributed by atoms with Crippen LogP contribution in [0.3, 0.4) is 0 Å². The molecule has 96 valence electrons. The van der Waals surface area contributed by atoms with Gasteiger partial charge in [-0.3, -0.25) is 0 Å². The highest BCUT2D eigenvalue weighted by Crippen LogP contribution is 2.16. The van der Waals surface area contributed by atoms with Gasteiger partial charge < -0.3 is 9.90 Å². The summed E-state index contributed by atoms with van der Waals surface area (Å²) in [5, 5.41) is 12.4. The van der Waals surface area contributed by atoms with Crippen LogP contribution in [0.2, 0.25) is 0 Å². The van der Waals surface area contributed by atoms with Gasteiger partial charge in [0.05, 0.1) is 12.0 Å². The molecule has 0 spiro atoms. The molecule has 1 heterocycles. The van der Waals surface area contributed by atoms with Gasteiger partial charge in [-0.25, -0.2) is 13.1 Å². The number of rotatable bonds is 7. The Kier molecular flexibility index (Phi) is 5.44. The van der Waals surface area contributed by atoms with E-state index in [1.807, 2.05) is 6.26 Å².